The molecule has 0 spiro atoms. The van der Waals surface area contributed by atoms with Crippen LogP contribution in [0.25, 0.3) is 0 Å². The molecule has 0 aliphatic rings. The summed E-state index contributed by atoms with van der Waals surface area (Å²) in [5, 5.41) is 0. The van der Waals surface area contributed by atoms with Gasteiger partial charge in [-0.25, -0.2) is 0 Å². The van der Waals surface area contributed by atoms with Crippen LogP contribution in [0.15, 0.2) is 0 Å². The zero-order chi connectivity index (χ0) is 15.9. The van der Waals surface area contributed by atoms with Crippen molar-refractivity contribution in [3.05, 3.63) is 0 Å². The van der Waals surface area contributed by atoms with Crippen LogP contribution in [-0.4, -0.2) is 58.9 Å². The van der Waals surface area contributed by atoms with Crippen molar-refractivity contribution in [1.82, 2.24) is 9.80 Å². The summed E-state index contributed by atoms with van der Waals surface area (Å²) in [6, 6.07) is 0. The molecule has 0 bridgehead atoms. The second-order valence-electron chi connectivity index (χ2n) is 3.73. The molecule has 0 aliphatic carbocycles. The summed E-state index contributed by atoms with van der Waals surface area (Å²) >= 11 is 0. The number of nitrogens with zero attached hydrogens (tertiary/aromatic N) is 2. The molecule has 0 amide bonds. The Balaban J connectivity index is -0.0000000952. The van der Waals surface area contributed by atoms with Gasteiger partial charge in [0.1, 0.15) is 0 Å². The molecule has 0 radical (unpaired) electrons. The van der Waals surface area contributed by atoms with E-state index in [1.54, 1.807) is 0 Å². The van der Waals surface area contributed by atoms with Gasteiger partial charge in [0.05, 0.1) is 0 Å². The van der Waals surface area contributed by atoms with Crippen LogP contribution in [0.5, 0.6) is 0 Å². The van der Waals surface area contributed by atoms with Gasteiger partial charge in [0.2, 0.25) is 0 Å². The predicted molar refractivity (Wildman–Crippen MR) is 80.1 cm³/mol. The molecule has 19 heavy (non-hydrogen) atoms. The highest BCUT2D eigenvalue weighted by atomic mass is 31.2. The van der Waals surface area contributed by atoms with Gasteiger partial charge in [0.25, 0.3) is 7.82 Å². The molecule has 7 heteroatoms. The van der Waals surface area contributed by atoms with Crippen molar-refractivity contribution in [2.45, 2.75) is 41.5 Å². The van der Waals surface area contributed by atoms with E-state index >= 15 is 0 Å². The lowest BCUT2D eigenvalue weighted by Gasteiger charge is -2.13. The highest BCUT2D eigenvalue weighted by Gasteiger charge is 1.89. The largest absolute Gasteiger partial charge is 1.00 e. The van der Waals surface area contributed by atoms with Crippen LogP contribution in [0.1, 0.15) is 43.0 Å². The summed E-state index contributed by atoms with van der Waals surface area (Å²) in [4.78, 5) is 27.7. The normalized spacial score (nSPS) is 10.7. The third-order valence-electron chi connectivity index (χ3n) is 2.68. The first kappa shape index (κ1) is 24.1. The second-order valence-corrected chi connectivity index (χ2v) is 4.71. The third-order valence-corrected chi connectivity index (χ3v) is 2.68. The molecule has 0 rings (SSSR count). The first-order valence-electron chi connectivity index (χ1n) is 6.91. The van der Waals surface area contributed by atoms with E-state index in [0.29, 0.717) is 0 Å². The molecule has 0 aromatic heterocycles. The molecule has 0 aliphatic heterocycles. The standard InChI is InChI=1S/2C6H15N.H3O4P/c2*1-4-7(5-2)6-3;1-5(2,3)4/h2*4-6H2,1-3H3;(H3,1,2,3,4). The Kier molecular flexibility index (Phi) is 20.4. The Morgan fingerprint density at radius 3 is 0.895 bits per heavy atom. The van der Waals surface area contributed by atoms with Gasteiger partial charge in [0.15, 0.2) is 0 Å². The minimum Gasteiger partial charge on any atom is -0.756 e. The van der Waals surface area contributed by atoms with E-state index in [4.69, 9.17) is 19.2 Å². The molecule has 2 N–H and O–H groups in total. The Morgan fingerprint density at radius 2 is 0.895 bits per heavy atom. The third kappa shape index (κ3) is 32.0. The van der Waals surface area contributed by atoms with Crippen LogP contribution in [0, 0.1) is 0 Å². The molecule has 0 saturated heterocycles. The zero-order valence-corrected chi connectivity index (χ0v) is 14.2. The van der Waals surface area contributed by atoms with Crippen molar-refractivity contribution in [3.8, 4) is 0 Å². The van der Waals surface area contributed by atoms with Crippen molar-refractivity contribution >= 4 is 7.82 Å². The molecular weight excluding hydrogens is 267 g/mol. The SMILES string of the molecule is CCN(CC)CC.CCN(CC)CC.O=P([O-])(O)O.[H+]. The maximum atomic E-state index is 8.77. The molecule has 0 saturated carbocycles. The zero-order valence-electron chi connectivity index (χ0n) is 14.3. The van der Waals surface area contributed by atoms with Crippen LogP contribution in [0.4, 0.5) is 0 Å². The summed E-state index contributed by atoms with van der Waals surface area (Å²) < 4.78 is 8.77. The minimum absolute atomic E-state index is 0. The summed E-state index contributed by atoms with van der Waals surface area (Å²) in [7, 11) is -4.89. The summed E-state index contributed by atoms with van der Waals surface area (Å²) in [5.74, 6) is 0. The molecular formula is C12H33N2O4P. The maximum Gasteiger partial charge on any atom is 1.00 e. The van der Waals surface area contributed by atoms with Crippen LogP contribution in [0.2, 0.25) is 0 Å². The second kappa shape index (κ2) is 16.1. The van der Waals surface area contributed by atoms with E-state index in [1.165, 1.54) is 39.3 Å². The van der Waals surface area contributed by atoms with Crippen molar-refractivity contribution in [3.63, 3.8) is 0 Å². The van der Waals surface area contributed by atoms with Crippen molar-refractivity contribution in [1.29, 1.82) is 0 Å². The summed E-state index contributed by atoms with van der Waals surface area (Å²) in [6.07, 6.45) is 0. The molecule has 0 unspecified atom stereocenters. The molecule has 0 atom stereocenters. The van der Waals surface area contributed by atoms with E-state index in [-0.39, 0.29) is 1.43 Å². The fraction of sp³-hybridized carbons (Fsp3) is 1.00. The van der Waals surface area contributed by atoms with E-state index in [1.807, 2.05) is 0 Å². The molecule has 6 nitrogen and oxygen atoms in total. The van der Waals surface area contributed by atoms with Crippen LogP contribution in [0.3, 0.4) is 0 Å². The monoisotopic (exact) mass is 300 g/mol. The highest BCUT2D eigenvalue weighted by molar-refractivity contribution is 7.43. The summed E-state index contributed by atoms with van der Waals surface area (Å²) in [6.45, 7) is 20.2. The van der Waals surface area contributed by atoms with Gasteiger partial charge in [-0.05, 0) is 39.3 Å². The fourth-order valence-electron chi connectivity index (χ4n) is 1.34. The average Bonchev–Trinajstić information content (AvgIpc) is 2.32. The molecule has 0 fully saturated rings. The van der Waals surface area contributed by atoms with Gasteiger partial charge >= 0.3 is 1.43 Å². The molecule has 120 valence electrons. The van der Waals surface area contributed by atoms with Gasteiger partial charge in [-0.2, -0.15) is 0 Å². The lowest BCUT2D eigenvalue weighted by atomic mass is 10.5. The number of phosphoric acid groups is 1. The lowest BCUT2D eigenvalue weighted by Crippen LogP contribution is -2.21. The Labute approximate surface area is 120 Å². The highest BCUT2D eigenvalue weighted by Crippen LogP contribution is 2.18. The van der Waals surface area contributed by atoms with E-state index < -0.39 is 7.82 Å². The van der Waals surface area contributed by atoms with E-state index in [2.05, 4.69) is 51.3 Å². The maximum absolute atomic E-state index is 8.77. The first-order chi connectivity index (χ1) is 8.69. The van der Waals surface area contributed by atoms with Gasteiger partial charge in [-0.15, -0.1) is 0 Å². The van der Waals surface area contributed by atoms with Crippen molar-refractivity contribution in [2.75, 3.05) is 39.3 Å². The first-order valence-corrected chi connectivity index (χ1v) is 8.44. The van der Waals surface area contributed by atoms with E-state index in [0.717, 1.165) is 0 Å². The van der Waals surface area contributed by atoms with Crippen LogP contribution >= 0.6 is 7.82 Å². The van der Waals surface area contributed by atoms with Gasteiger partial charge in [-0.1, -0.05) is 41.5 Å². The van der Waals surface area contributed by atoms with Crippen LogP contribution < -0.4 is 4.89 Å². The minimum atomic E-state index is -4.89. The van der Waals surface area contributed by atoms with Gasteiger partial charge in [-0.3, -0.25) is 4.57 Å². The quantitative estimate of drug-likeness (QED) is 0.718. The average molecular weight is 300 g/mol. The molecule has 0 heterocycles. The smallest absolute Gasteiger partial charge is 0.756 e. The van der Waals surface area contributed by atoms with E-state index in [9.17, 15) is 0 Å². The Morgan fingerprint density at radius 1 is 0.789 bits per heavy atom. The topological polar surface area (TPSA) is 87.1 Å². The number of hydrogen-bond donors (Lipinski definition) is 2. The van der Waals surface area contributed by atoms with Crippen LogP contribution in [-0.2, 0) is 4.57 Å². The predicted octanol–water partition coefficient (Wildman–Crippen LogP) is 1.25. The van der Waals surface area contributed by atoms with Crippen molar-refractivity contribution in [2.24, 2.45) is 0 Å². The molecule has 0 aromatic rings. The number of hydrogen-bond acceptors (Lipinski definition) is 4. The molecule has 0 aromatic carbocycles. The lowest BCUT2D eigenvalue weighted by molar-refractivity contribution is -0.214. The number of rotatable bonds is 6. The van der Waals surface area contributed by atoms with Gasteiger partial charge in [0, 0.05) is 0 Å². The summed E-state index contributed by atoms with van der Waals surface area (Å²) in [5.41, 5.74) is 0. The Hall–Kier alpha value is 0.0300. The fourth-order valence-corrected chi connectivity index (χ4v) is 1.34. The van der Waals surface area contributed by atoms with Crippen molar-refractivity contribution < 1.29 is 20.7 Å². The van der Waals surface area contributed by atoms with Gasteiger partial charge < -0.3 is 24.5 Å². The Bertz CT molecular complexity index is 178.